The van der Waals surface area contributed by atoms with Crippen LogP contribution in [0.1, 0.15) is 80.1 Å². The number of esters is 1. The molecule has 2 aliphatic heterocycles. The molecule has 0 aromatic carbocycles. The average molecular weight is 399 g/mol. The number of hydrogen-bond donors (Lipinski definition) is 2. The lowest BCUT2D eigenvalue weighted by Gasteiger charge is -2.37. The minimum Gasteiger partial charge on any atom is -0.462 e. The molecule has 2 fully saturated rings. The van der Waals surface area contributed by atoms with Crippen molar-refractivity contribution >= 4 is 5.97 Å². The molecule has 2 saturated heterocycles. The summed E-state index contributed by atoms with van der Waals surface area (Å²) in [5, 5.41) is 21.0. The molecule has 162 valence electrons. The highest BCUT2D eigenvalue weighted by Crippen LogP contribution is 2.46. The van der Waals surface area contributed by atoms with E-state index in [0.29, 0.717) is 6.42 Å². The molecule has 6 nitrogen and oxygen atoms in total. The Morgan fingerprint density at radius 3 is 2.50 bits per heavy atom. The summed E-state index contributed by atoms with van der Waals surface area (Å²) in [4.78, 5) is 10.8. The molecule has 0 amide bonds. The summed E-state index contributed by atoms with van der Waals surface area (Å²) in [5.41, 5.74) is -0.811. The lowest BCUT2D eigenvalue weighted by atomic mass is 9.89. The fourth-order valence-corrected chi connectivity index (χ4v) is 4.20. The fourth-order valence-electron chi connectivity index (χ4n) is 4.20. The summed E-state index contributed by atoms with van der Waals surface area (Å²) in [6.07, 6.45) is 5.61. The topological polar surface area (TPSA) is 85.2 Å². The SMILES string of the molecule is CC(=O)OC/C=C(\C)CC[C@H](O)[C@@]1(C)CC[C@@H]([C@]2(C)CC[C@H](C(C)(C)O)O2)O1. The first-order valence-electron chi connectivity index (χ1n) is 10.4. The number of hydrogen-bond acceptors (Lipinski definition) is 6. The average Bonchev–Trinajstić information content (AvgIpc) is 3.17. The van der Waals surface area contributed by atoms with Crippen LogP contribution >= 0.6 is 0 Å². The standard InChI is InChI=1S/C22H38O6/c1-15(11-14-26-16(2)23)7-8-17(24)21(5)12-10-19(28-21)22(6)13-9-18(27-22)20(3,4)25/h11,17-19,24-25H,7-10,12-14H2,1-6H3/b15-11+/t17-,18+,19-,21+,22-/m0/s1. The van der Waals surface area contributed by atoms with Crippen molar-refractivity contribution < 1.29 is 29.2 Å². The van der Waals surface area contributed by atoms with E-state index in [0.717, 1.165) is 37.7 Å². The maximum atomic E-state index is 10.8. The molecule has 0 unspecified atom stereocenters. The molecule has 0 aromatic heterocycles. The van der Waals surface area contributed by atoms with Gasteiger partial charge in [0.2, 0.25) is 0 Å². The zero-order chi connectivity index (χ0) is 21.2. The second-order valence-corrected chi connectivity index (χ2v) is 9.48. The van der Waals surface area contributed by atoms with Gasteiger partial charge in [0.25, 0.3) is 0 Å². The van der Waals surface area contributed by atoms with Crippen LogP contribution in [0, 0.1) is 0 Å². The second kappa shape index (κ2) is 8.82. The molecule has 0 aliphatic carbocycles. The highest BCUT2D eigenvalue weighted by atomic mass is 16.6. The molecule has 0 bridgehead atoms. The van der Waals surface area contributed by atoms with E-state index in [1.165, 1.54) is 6.92 Å². The summed E-state index contributed by atoms with van der Waals surface area (Å²) in [7, 11) is 0. The molecular weight excluding hydrogens is 360 g/mol. The van der Waals surface area contributed by atoms with Crippen molar-refractivity contribution in [2.75, 3.05) is 6.61 Å². The van der Waals surface area contributed by atoms with Gasteiger partial charge in [0, 0.05) is 6.92 Å². The van der Waals surface area contributed by atoms with Crippen LogP contribution in [0.4, 0.5) is 0 Å². The Kier molecular flexibility index (Phi) is 7.35. The van der Waals surface area contributed by atoms with E-state index in [4.69, 9.17) is 14.2 Å². The number of allylic oxidation sites excluding steroid dienone is 1. The van der Waals surface area contributed by atoms with E-state index in [2.05, 4.69) is 6.92 Å². The molecule has 0 spiro atoms. The quantitative estimate of drug-likeness (QED) is 0.482. The van der Waals surface area contributed by atoms with Crippen LogP contribution in [-0.4, -0.2) is 57.9 Å². The molecule has 2 N–H and O–H groups in total. The smallest absolute Gasteiger partial charge is 0.302 e. The van der Waals surface area contributed by atoms with Crippen LogP contribution in [0.2, 0.25) is 0 Å². The third kappa shape index (κ3) is 5.78. The van der Waals surface area contributed by atoms with E-state index >= 15 is 0 Å². The zero-order valence-corrected chi connectivity index (χ0v) is 18.3. The second-order valence-electron chi connectivity index (χ2n) is 9.48. The number of aliphatic hydroxyl groups is 2. The number of aliphatic hydroxyl groups excluding tert-OH is 1. The Hall–Kier alpha value is -0.950. The predicted octanol–water partition coefficient (Wildman–Crippen LogP) is 3.28. The van der Waals surface area contributed by atoms with Crippen LogP contribution in [0.3, 0.4) is 0 Å². The first-order chi connectivity index (χ1) is 12.9. The minimum absolute atomic E-state index is 0.0832. The van der Waals surface area contributed by atoms with E-state index < -0.39 is 22.9 Å². The first kappa shape index (κ1) is 23.3. The Morgan fingerprint density at radius 1 is 1.25 bits per heavy atom. The summed E-state index contributed by atoms with van der Waals surface area (Å²) in [5.74, 6) is -0.295. The molecule has 2 aliphatic rings. The van der Waals surface area contributed by atoms with E-state index in [9.17, 15) is 15.0 Å². The molecule has 0 saturated carbocycles. The van der Waals surface area contributed by atoms with Gasteiger partial charge in [-0.05, 0) is 79.2 Å². The summed E-state index contributed by atoms with van der Waals surface area (Å²) in [6, 6.07) is 0. The van der Waals surface area contributed by atoms with Crippen LogP contribution in [-0.2, 0) is 19.0 Å². The molecule has 2 heterocycles. The molecule has 0 aromatic rings. The van der Waals surface area contributed by atoms with Gasteiger partial charge >= 0.3 is 5.97 Å². The van der Waals surface area contributed by atoms with E-state index in [1.807, 2.05) is 19.9 Å². The van der Waals surface area contributed by atoms with Gasteiger partial charge in [-0.25, -0.2) is 0 Å². The van der Waals surface area contributed by atoms with Crippen LogP contribution in [0.15, 0.2) is 11.6 Å². The highest BCUT2D eigenvalue weighted by Gasteiger charge is 2.53. The number of rotatable bonds is 8. The molecule has 28 heavy (non-hydrogen) atoms. The van der Waals surface area contributed by atoms with Gasteiger partial charge < -0.3 is 24.4 Å². The largest absolute Gasteiger partial charge is 0.462 e. The minimum atomic E-state index is -0.866. The number of carbonyl (C=O) groups excluding carboxylic acids is 1. The number of ether oxygens (including phenoxy) is 3. The molecule has 2 rings (SSSR count). The van der Waals surface area contributed by atoms with Crippen LogP contribution in [0.5, 0.6) is 0 Å². The lowest BCUT2D eigenvalue weighted by Crippen LogP contribution is -2.46. The summed E-state index contributed by atoms with van der Waals surface area (Å²) >= 11 is 0. The van der Waals surface area contributed by atoms with Crippen molar-refractivity contribution in [2.24, 2.45) is 0 Å². The van der Waals surface area contributed by atoms with Crippen molar-refractivity contribution in [1.82, 2.24) is 0 Å². The van der Waals surface area contributed by atoms with E-state index in [-0.39, 0.29) is 24.8 Å². The third-order valence-corrected chi connectivity index (χ3v) is 6.33. The fraction of sp³-hybridized carbons (Fsp3) is 0.864. The molecule has 5 atom stereocenters. The van der Waals surface area contributed by atoms with Crippen molar-refractivity contribution in [3.63, 3.8) is 0 Å². The van der Waals surface area contributed by atoms with Gasteiger partial charge in [0.1, 0.15) is 6.61 Å². The summed E-state index contributed by atoms with van der Waals surface area (Å²) in [6.45, 7) is 11.2. The molecular formula is C22H38O6. The van der Waals surface area contributed by atoms with Crippen molar-refractivity contribution in [1.29, 1.82) is 0 Å². The zero-order valence-electron chi connectivity index (χ0n) is 18.3. The monoisotopic (exact) mass is 398 g/mol. The predicted molar refractivity (Wildman–Crippen MR) is 107 cm³/mol. The van der Waals surface area contributed by atoms with Gasteiger partial charge in [-0.1, -0.05) is 5.57 Å². The Labute approximate surface area is 169 Å². The third-order valence-electron chi connectivity index (χ3n) is 6.33. The van der Waals surface area contributed by atoms with Gasteiger partial charge in [0.05, 0.1) is 35.1 Å². The normalized spacial score (nSPS) is 35.2. The highest BCUT2D eigenvalue weighted by molar-refractivity contribution is 5.66. The Morgan fingerprint density at radius 2 is 1.93 bits per heavy atom. The summed E-state index contributed by atoms with van der Waals surface area (Å²) < 4.78 is 17.5. The Balaban J connectivity index is 1.87. The van der Waals surface area contributed by atoms with Gasteiger partial charge in [-0.2, -0.15) is 0 Å². The first-order valence-corrected chi connectivity index (χ1v) is 10.4. The Bertz CT molecular complexity index is 580. The lowest BCUT2D eigenvalue weighted by molar-refractivity contribution is -0.190. The van der Waals surface area contributed by atoms with Crippen molar-refractivity contribution in [3.05, 3.63) is 11.6 Å². The van der Waals surface area contributed by atoms with Gasteiger partial charge in [0.15, 0.2) is 0 Å². The molecule has 6 heteroatoms. The maximum absolute atomic E-state index is 10.8. The van der Waals surface area contributed by atoms with Gasteiger partial charge in [-0.3, -0.25) is 4.79 Å². The van der Waals surface area contributed by atoms with E-state index in [1.54, 1.807) is 13.8 Å². The maximum Gasteiger partial charge on any atom is 0.302 e. The number of carbonyl (C=O) groups is 1. The molecule has 0 radical (unpaired) electrons. The van der Waals surface area contributed by atoms with Crippen LogP contribution < -0.4 is 0 Å². The van der Waals surface area contributed by atoms with Crippen molar-refractivity contribution in [3.8, 4) is 0 Å². The van der Waals surface area contributed by atoms with Crippen molar-refractivity contribution in [2.45, 2.75) is 115 Å². The van der Waals surface area contributed by atoms with Gasteiger partial charge in [-0.15, -0.1) is 0 Å². The van der Waals surface area contributed by atoms with Crippen LogP contribution in [0.25, 0.3) is 0 Å².